The molecule has 1 atom stereocenters. The molecule has 2 amide bonds. The Morgan fingerprint density at radius 2 is 1.83 bits per heavy atom. The first-order valence-electron chi connectivity index (χ1n) is 9.25. The zero-order valence-electron chi connectivity index (χ0n) is 17.8. The van der Waals surface area contributed by atoms with Crippen LogP contribution in [0.5, 0.6) is 0 Å². The standard InChI is InChI=1S/C19H28BrN5O4/c1-12(22-16(26)28-18(2,3)4)11-24(17(27)29-19(5,6)7)14-8-9-25-15(23-14)13(20)10-21-25/h8-10,12H,11H2,1-7H3,(H,22,26). The van der Waals surface area contributed by atoms with Gasteiger partial charge >= 0.3 is 12.2 Å². The van der Waals surface area contributed by atoms with Crippen LogP contribution in [-0.4, -0.2) is 50.6 Å². The Labute approximate surface area is 178 Å². The van der Waals surface area contributed by atoms with E-state index in [0.717, 1.165) is 0 Å². The van der Waals surface area contributed by atoms with E-state index in [4.69, 9.17) is 9.47 Å². The second kappa shape index (κ2) is 8.56. The average Bonchev–Trinajstić information content (AvgIpc) is 2.89. The van der Waals surface area contributed by atoms with Gasteiger partial charge in [0.25, 0.3) is 0 Å². The van der Waals surface area contributed by atoms with Gasteiger partial charge in [0.15, 0.2) is 5.65 Å². The predicted molar refractivity (Wildman–Crippen MR) is 113 cm³/mol. The summed E-state index contributed by atoms with van der Waals surface area (Å²) in [5, 5.41) is 6.89. The van der Waals surface area contributed by atoms with E-state index in [1.807, 2.05) is 0 Å². The van der Waals surface area contributed by atoms with Crippen molar-refractivity contribution in [3.63, 3.8) is 0 Å². The number of amides is 2. The molecule has 0 saturated heterocycles. The van der Waals surface area contributed by atoms with E-state index in [1.165, 1.54) is 4.90 Å². The molecule has 10 heteroatoms. The molecule has 160 valence electrons. The Morgan fingerprint density at radius 1 is 1.21 bits per heavy atom. The highest BCUT2D eigenvalue weighted by Gasteiger charge is 2.27. The molecule has 1 N–H and O–H groups in total. The predicted octanol–water partition coefficient (Wildman–Crippen LogP) is 4.15. The highest BCUT2D eigenvalue weighted by Crippen LogP contribution is 2.21. The van der Waals surface area contributed by atoms with Crippen LogP contribution in [0.4, 0.5) is 15.4 Å². The maximum atomic E-state index is 12.9. The molecule has 2 aromatic rings. The number of fused-ring (bicyclic) bond motifs is 1. The van der Waals surface area contributed by atoms with Gasteiger partial charge in [0, 0.05) is 12.2 Å². The number of halogens is 1. The fourth-order valence-electron chi connectivity index (χ4n) is 2.39. The zero-order chi connectivity index (χ0) is 22.0. The van der Waals surface area contributed by atoms with Gasteiger partial charge in [0.1, 0.15) is 17.0 Å². The number of hydrogen-bond donors (Lipinski definition) is 1. The van der Waals surface area contributed by atoms with Crippen LogP contribution in [-0.2, 0) is 9.47 Å². The van der Waals surface area contributed by atoms with Gasteiger partial charge in [0.2, 0.25) is 0 Å². The lowest BCUT2D eigenvalue weighted by Crippen LogP contribution is -2.47. The highest BCUT2D eigenvalue weighted by atomic mass is 79.9. The van der Waals surface area contributed by atoms with Crippen molar-refractivity contribution in [2.45, 2.75) is 65.7 Å². The third kappa shape index (κ3) is 6.88. The fraction of sp³-hybridized carbons (Fsp3) is 0.579. The third-order valence-corrected chi connectivity index (χ3v) is 3.98. The number of rotatable bonds is 4. The van der Waals surface area contributed by atoms with Crippen LogP contribution in [0.15, 0.2) is 22.9 Å². The summed E-state index contributed by atoms with van der Waals surface area (Å²) in [5.41, 5.74) is -0.739. The molecule has 0 spiro atoms. The van der Waals surface area contributed by atoms with Crippen molar-refractivity contribution in [3.8, 4) is 0 Å². The Bertz CT molecular complexity index is 885. The molecule has 1 unspecified atom stereocenters. The molecular weight excluding hydrogens is 442 g/mol. The number of carbonyl (C=O) groups excluding carboxylic acids is 2. The molecule has 29 heavy (non-hydrogen) atoms. The summed E-state index contributed by atoms with van der Waals surface area (Å²) in [5.74, 6) is 0.380. The van der Waals surface area contributed by atoms with Gasteiger partial charge in [-0.05, 0) is 70.5 Å². The van der Waals surface area contributed by atoms with Crippen LogP contribution < -0.4 is 10.2 Å². The minimum atomic E-state index is -0.682. The first kappa shape index (κ1) is 22.9. The Kier molecular flexibility index (Phi) is 6.77. The molecule has 2 aromatic heterocycles. The van der Waals surface area contributed by atoms with Crippen LogP contribution in [0.2, 0.25) is 0 Å². The second-order valence-electron chi connectivity index (χ2n) is 8.68. The van der Waals surface area contributed by atoms with Crippen LogP contribution >= 0.6 is 15.9 Å². The van der Waals surface area contributed by atoms with Crippen molar-refractivity contribution in [2.24, 2.45) is 0 Å². The number of aromatic nitrogens is 3. The number of nitrogens with one attached hydrogen (secondary N) is 1. The van der Waals surface area contributed by atoms with Crippen molar-refractivity contribution in [1.29, 1.82) is 0 Å². The summed E-state index contributed by atoms with van der Waals surface area (Å²) >= 11 is 3.39. The van der Waals surface area contributed by atoms with E-state index in [2.05, 4.69) is 31.3 Å². The topological polar surface area (TPSA) is 98.1 Å². The Morgan fingerprint density at radius 3 is 2.41 bits per heavy atom. The quantitative estimate of drug-likeness (QED) is 0.721. The van der Waals surface area contributed by atoms with Crippen LogP contribution in [0.25, 0.3) is 5.65 Å². The van der Waals surface area contributed by atoms with E-state index in [1.54, 1.807) is 71.4 Å². The van der Waals surface area contributed by atoms with Crippen LogP contribution in [0.1, 0.15) is 48.5 Å². The maximum Gasteiger partial charge on any atom is 0.416 e. The van der Waals surface area contributed by atoms with Gasteiger partial charge in [-0.3, -0.25) is 4.90 Å². The Hall–Kier alpha value is -2.36. The first-order chi connectivity index (χ1) is 13.2. The lowest BCUT2D eigenvalue weighted by atomic mass is 10.2. The van der Waals surface area contributed by atoms with Gasteiger partial charge in [-0.15, -0.1) is 0 Å². The van der Waals surface area contributed by atoms with E-state index in [0.29, 0.717) is 15.9 Å². The molecule has 0 fully saturated rings. The summed E-state index contributed by atoms with van der Waals surface area (Å²) in [7, 11) is 0. The van der Waals surface area contributed by atoms with Crippen molar-refractivity contribution in [3.05, 3.63) is 22.9 Å². The third-order valence-electron chi connectivity index (χ3n) is 3.42. The second-order valence-corrected chi connectivity index (χ2v) is 9.54. The lowest BCUT2D eigenvalue weighted by molar-refractivity contribution is 0.0491. The molecule has 0 aliphatic heterocycles. The summed E-state index contributed by atoms with van der Waals surface area (Å²) in [6.07, 6.45) is 2.20. The first-order valence-corrected chi connectivity index (χ1v) is 10.0. The number of anilines is 1. The molecule has 0 radical (unpaired) electrons. The molecule has 0 aromatic carbocycles. The van der Waals surface area contributed by atoms with Gasteiger partial charge in [-0.2, -0.15) is 5.10 Å². The minimum absolute atomic E-state index is 0.142. The van der Waals surface area contributed by atoms with E-state index < -0.39 is 29.4 Å². The molecule has 0 aliphatic carbocycles. The maximum absolute atomic E-state index is 12.9. The number of hydrogen-bond acceptors (Lipinski definition) is 6. The molecule has 9 nitrogen and oxygen atoms in total. The molecule has 0 bridgehead atoms. The lowest BCUT2D eigenvalue weighted by Gasteiger charge is -2.29. The van der Waals surface area contributed by atoms with Crippen molar-refractivity contribution < 1.29 is 19.1 Å². The number of nitrogens with zero attached hydrogens (tertiary/aromatic N) is 4. The van der Waals surface area contributed by atoms with E-state index in [9.17, 15) is 9.59 Å². The van der Waals surface area contributed by atoms with Crippen molar-refractivity contribution >= 4 is 39.6 Å². The fourth-order valence-corrected chi connectivity index (χ4v) is 2.75. The van der Waals surface area contributed by atoms with E-state index >= 15 is 0 Å². The molecule has 2 rings (SSSR count). The average molecular weight is 470 g/mol. The summed E-state index contributed by atoms with van der Waals surface area (Å²) < 4.78 is 13.1. The molecular formula is C19H28BrN5O4. The minimum Gasteiger partial charge on any atom is -0.444 e. The summed E-state index contributed by atoms with van der Waals surface area (Å²) in [4.78, 5) is 30.8. The number of alkyl carbamates (subject to hydrolysis) is 1. The summed E-state index contributed by atoms with van der Waals surface area (Å²) in [6, 6.07) is 1.25. The van der Waals surface area contributed by atoms with Gasteiger partial charge in [0.05, 0.1) is 17.2 Å². The normalized spacial score (nSPS) is 13.1. The molecule has 0 saturated carbocycles. The van der Waals surface area contributed by atoms with Crippen LogP contribution in [0, 0.1) is 0 Å². The largest absolute Gasteiger partial charge is 0.444 e. The molecule has 0 aliphatic rings. The van der Waals surface area contributed by atoms with Crippen molar-refractivity contribution in [2.75, 3.05) is 11.4 Å². The zero-order valence-corrected chi connectivity index (χ0v) is 19.4. The van der Waals surface area contributed by atoms with Gasteiger partial charge in [-0.1, -0.05) is 0 Å². The van der Waals surface area contributed by atoms with Gasteiger partial charge < -0.3 is 14.8 Å². The summed E-state index contributed by atoms with van der Waals surface area (Å²) in [6.45, 7) is 12.6. The van der Waals surface area contributed by atoms with E-state index in [-0.39, 0.29) is 6.54 Å². The van der Waals surface area contributed by atoms with Gasteiger partial charge in [-0.25, -0.2) is 19.1 Å². The monoisotopic (exact) mass is 469 g/mol. The van der Waals surface area contributed by atoms with Crippen molar-refractivity contribution in [1.82, 2.24) is 19.9 Å². The number of carbonyl (C=O) groups is 2. The smallest absolute Gasteiger partial charge is 0.416 e. The highest BCUT2D eigenvalue weighted by molar-refractivity contribution is 9.10. The number of ether oxygens (including phenoxy) is 2. The van der Waals surface area contributed by atoms with Crippen LogP contribution in [0.3, 0.4) is 0 Å². The molecule has 2 heterocycles. The SMILES string of the molecule is CC(CN(C(=O)OC(C)(C)C)c1ccn2ncc(Br)c2n1)NC(=O)OC(C)(C)C. The Balaban J connectivity index is 2.25.